The van der Waals surface area contributed by atoms with Crippen LogP contribution in [0.25, 0.3) is 11.3 Å². The molecule has 2 N–H and O–H groups in total. The molecule has 0 radical (unpaired) electrons. The predicted molar refractivity (Wildman–Crippen MR) is 102 cm³/mol. The molecule has 0 aliphatic carbocycles. The number of rotatable bonds is 3. The average Bonchev–Trinajstić information content (AvgIpc) is 2.90. The van der Waals surface area contributed by atoms with Gasteiger partial charge in [-0.1, -0.05) is 58.5 Å². The maximum Gasteiger partial charge on any atom is 0.221 e. The van der Waals surface area contributed by atoms with Crippen LogP contribution in [0.1, 0.15) is 5.56 Å². The maximum absolute atomic E-state index is 6.11. The highest BCUT2D eigenvalue weighted by atomic mass is 35.5. The Morgan fingerprint density at radius 2 is 1.75 bits per heavy atom. The number of aromatic nitrogens is 2. The molecule has 1 heterocycles. The summed E-state index contributed by atoms with van der Waals surface area (Å²) in [6.07, 6.45) is 3.27. The predicted octanol–water partition coefficient (Wildman–Crippen LogP) is 5.63. The smallest absolute Gasteiger partial charge is 0.221 e. The van der Waals surface area contributed by atoms with Gasteiger partial charge < -0.3 is 5.73 Å². The second-order valence-electron chi connectivity index (χ2n) is 4.87. The van der Waals surface area contributed by atoms with Crippen molar-refractivity contribution in [2.45, 2.75) is 0 Å². The molecule has 0 saturated heterocycles. The van der Waals surface area contributed by atoms with E-state index in [0.717, 1.165) is 5.56 Å². The molecule has 0 fully saturated rings. The summed E-state index contributed by atoms with van der Waals surface area (Å²) in [5, 5.41) is 6.24. The molecule has 0 unspecified atom stereocenters. The molecule has 1 aromatic heterocycles. The fraction of sp³-hybridized carbons (Fsp3) is 0. The lowest BCUT2D eigenvalue weighted by Gasteiger charge is -1.99. The molecule has 8 heteroatoms. The van der Waals surface area contributed by atoms with Crippen molar-refractivity contribution < 1.29 is 0 Å². The first-order valence-electron chi connectivity index (χ1n) is 6.74. The summed E-state index contributed by atoms with van der Waals surface area (Å²) >= 11 is 23.9. The van der Waals surface area contributed by atoms with Crippen molar-refractivity contribution in [3.05, 3.63) is 68.2 Å². The number of hydrogen-bond acceptors (Lipinski definition) is 3. The molecule has 24 heavy (non-hydrogen) atoms. The van der Waals surface area contributed by atoms with Crippen molar-refractivity contribution in [3.63, 3.8) is 0 Å². The molecule has 2 aromatic carbocycles. The second-order valence-corrected chi connectivity index (χ2v) is 6.53. The Kier molecular flexibility index (Phi) is 5.01. The topological polar surface area (TPSA) is 56.2 Å². The van der Waals surface area contributed by atoms with E-state index in [4.69, 9.17) is 52.1 Å². The van der Waals surface area contributed by atoms with E-state index in [1.807, 2.05) is 0 Å². The third kappa shape index (κ3) is 3.68. The summed E-state index contributed by atoms with van der Waals surface area (Å²) in [6.45, 7) is 0. The summed E-state index contributed by atoms with van der Waals surface area (Å²) in [7, 11) is 0. The Balaban J connectivity index is 1.91. The number of benzene rings is 2. The summed E-state index contributed by atoms with van der Waals surface area (Å²) < 4.78 is 1.45. The van der Waals surface area contributed by atoms with Crippen molar-refractivity contribution in [2.75, 3.05) is 5.73 Å². The van der Waals surface area contributed by atoms with E-state index >= 15 is 0 Å². The SMILES string of the molecule is Nc1nc(-c2ccc(Cl)c(Cl)c2)cn1N=Cc1ccc(Cl)cc1Cl. The Morgan fingerprint density at radius 3 is 2.46 bits per heavy atom. The Hall–Kier alpha value is -1.72. The van der Waals surface area contributed by atoms with E-state index < -0.39 is 0 Å². The first-order chi connectivity index (χ1) is 11.4. The maximum atomic E-state index is 6.11. The normalized spacial score (nSPS) is 11.3. The highest BCUT2D eigenvalue weighted by Gasteiger charge is 2.08. The van der Waals surface area contributed by atoms with Crippen molar-refractivity contribution >= 4 is 58.6 Å². The van der Waals surface area contributed by atoms with E-state index in [0.29, 0.717) is 31.3 Å². The first kappa shape index (κ1) is 17.1. The first-order valence-corrected chi connectivity index (χ1v) is 8.25. The van der Waals surface area contributed by atoms with Gasteiger partial charge in [-0.3, -0.25) is 0 Å². The van der Waals surface area contributed by atoms with E-state index in [1.54, 1.807) is 48.8 Å². The van der Waals surface area contributed by atoms with Crippen LogP contribution >= 0.6 is 46.4 Å². The minimum atomic E-state index is 0.234. The molecule has 122 valence electrons. The number of nitrogens with two attached hydrogens (primary N) is 1. The van der Waals surface area contributed by atoms with Crippen LogP contribution in [0.15, 0.2) is 47.7 Å². The van der Waals surface area contributed by atoms with Crippen LogP contribution in [0.4, 0.5) is 5.95 Å². The lowest BCUT2D eigenvalue weighted by Crippen LogP contribution is -1.97. The molecule has 0 aliphatic heterocycles. The lowest BCUT2D eigenvalue weighted by atomic mass is 10.2. The molecule has 3 aromatic rings. The van der Waals surface area contributed by atoms with Crippen LogP contribution in [0.5, 0.6) is 0 Å². The van der Waals surface area contributed by atoms with E-state index in [1.165, 1.54) is 4.68 Å². The van der Waals surface area contributed by atoms with E-state index in [9.17, 15) is 0 Å². The van der Waals surface area contributed by atoms with Crippen molar-refractivity contribution in [1.29, 1.82) is 0 Å². The third-order valence-electron chi connectivity index (χ3n) is 3.21. The van der Waals surface area contributed by atoms with Gasteiger partial charge in [-0.25, -0.2) is 9.66 Å². The summed E-state index contributed by atoms with van der Waals surface area (Å²) in [5.74, 6) is 0.234. The number of hydrogen-bond donors (Lipinski definition) is 1. The van der Waals surface area contributed by atoms with Gasteiger partial charge in [0.2, 0.25) is 5.95 Å². The largest absolute Gasteiger partial charge is 0.368 e. The minimum Gasteiger partial charge on any atom is -0.368 e. The van der Waals surface area contributed by atoms with Gasteiger partial charge in [0.1, 0.15) is 0 Å². The van der Waals surface area contributed by atoms with Crippen molar-refractivity contribution in [2.24, 2.45) is 5.10 Å². The van der Waals surface area contributed by atoms with Crippen molar-refractivity contribution in [3.8, 4) is 11.3 Å². The molecule has 4 nitrogen and oxygen atoms in total. The molecule has 0 aliphatic rings. The summed E-state index contributed by atoms with van der Waals surface area (Å²) in [4.78, 5) is 4.27. The molecule has 0 atom stereocenters. The van der Waals surface area contributed by atoms with Crippen LogP contribution in [0.2, 0.25) is 20.1 Å². The van der Waals surface area contributed by atoms with Gasteiger partial charge in [0.25, 0.3) is 0 Å². The number of nitrogen functional groups attached to an aromatic ring is 1. The van der Waals surface area contributed by atoms with Crippen LogP contribution < -0.4 is 5.73 Å². The number of anilines is 1. The number of nitrogens with zero attached hydrogens (tertiary/aromatic N) is 3. The highest BCUT2D eigenvalue weighted by molar-refractivity contribution is 6.42. The van der Waals surface area contributed by atoms with Gasteiger partial charge >= 0.3 is 0 Å². The zero-order valence-electron chi connectivity index (χ0n) is 12.0. The Morgan fingerprint density at radius 1 is 0.958 bits per heavy atom. The number of halogens is 4. The Labute approximate surface area is 158 Å². The van der Waals surface area contributed by atoms with Crippen LogP contribution in [-0.4, -0.2) is 15.9 Å². The fourth-order valence-electron chi connectivity index (χ4n) is 2.00. The van der Waals surface area contributed by atoms with Gasteiger partial charge in [0, 0.05) is 16.1 Å². The average molecular weight is 400 g/mol. The van der Waals surface area contributed by atoms with Crippen LogP contribution in [0.3, 0.4) is 0 Å². The molecular weight excluding hydrogens is 390 g/mol. The lowest BCUT2D eigenvalue weighted by molar-refractivity contribution is 0.898. The highest BCUT2D eigenvalue weighted by Crippen LogP contribution is 2.28. The quantitative estimate of drug-likeness (QED) is 0.580. The molecule has 3 rings (SSSR count). The van der Waals surface area contributed by atoms with Crippen LogP contribution in [-0.2, 0) is 0 Å². The van der Waals surface area contributed by atoms with E-state index in [2.05, 4.69) is 10.1 Å². The standard InChI is InChI=1S/C16H10Cl4N4/c17-11-3-1-10(13(19)6-11)7-22-24-8-15(23-16(24)21)9-2-4-12(18)14(20)5-9/h1-8H,(H2,21,23). The van der Waals surface area contributed by atoms with Gasteiger partial charge in [-0.2, -0.15) is 5.10 Å². The zero-order valence-corrected chi connectivity index (χ0v) is 15.1. The molecule has 0 spiro atoms. The fourth-order valence-corrected chi connectivity index (χ4v) is 2.76. The Bertz CT molecular complexity index is 934. The third-order valence-corrected chi connectivity index (χ3v) is 4.51. The minimum absolute atomic E-state index is 0.234. The molecule has 0 bridgehead atoms. The number of imidazole rings is 1. The zero-order chi connectivity index (χ0) is 17.3. The second kappa shape index (κ2) is 7.03. The van der Waals surface area contributed by atoms with Crippen LogP contribution in [0, 0.1) is 0 Å². The summed E-state index contributed by atoms with van der Waals surface area (Å²) in [6, 6.07) is 10.4. The monoisotopic (exact) mass is 398 g/mol. The molecule has 0 saturated carbocycles. The van der Waals surface area contributed by atoms with Gasteiger partial charge in [0.05, 0.1) is 33.2 Å². The molecular formula is C16H10Cl4N4. The van der Waals surface area contributed by atoms with Crippen molar-refractivity contribution in [1.82, 2.24) is 9.66 Å². The molecule has 0 amide bonds. The summed E-state index contributed by atoms with van der Waals surface area (Å²) in [5.41, 5.74) is 8.03. The van der Waals surface area contributed by atoms with E-state index in [-0.39, 0.29) is 5.95 Å². The van der Waals surface area contributed by atoms with Gasteiger partial charge in [-0.15, -0.1) is 0 Å². The van der Waals surface area contributed by atoms with Gasteiger partial charge in [0.15, 0.2) is 0 Å². The van der Waals surface area contributed by atoms with Gasteiger partial charge in [-0.05, 0) is 24.3 Å².